The van der Waals surface area contributed by atoms with E-state index in [-0.39, 0.29) is 28.8 Å². The van der Waals surface area contributed by atoms with Gasteiger partial charge in [-0.25, -0.2) is 8.42 Å². The molecule has 10 heteroatoms. The van der Waals surface area contributed by atoms with Crippen molar-refractivity contribution in [3.05, 3.63) is 63.6 Å². The number of Topliss-reactive ketones (excluding diaryl/α,β-unsaturated/α-hetero) is 1. The van der Waals surface area contributed by atoms with Crippen molar-refractivity contribution < 1.29 is 18.0 Å². The molecule has 2 aliphatic rings. The molecule has 2 aromatic heterocycles. The van der Waals surface area contributed by atoms with E-state index in [0.717, 1.165) is 49.8 Å². The SMILES string of the molecule is CN(Cc1ccnn1C)C(=O)c1cc(S(=O)(=O)CC(=O)Cc2c3c(cc4c2CCC4)CCC3)nn1C. The number of aryl methyl sites for hydroxylation is 4. The number of aromatic nitrogens is 4. The van der Waals surface area contributed by atoms with Crippen LogP contribution in [0.3, 0.4) is 0 Å². The van der Waals surface area contributed by atoms with Gasteiger partial charge in [0.1, 0.15) is 11.4 Å². The van der Waals surface area contributed by atoms with E-state index in [1.807, 2.05) is 6.07 Å². The molecule has 0 bridgehead atoms. The molecule has 5 rings (SSSR count). The molecule has 2 heterocycles. The Kier molecular flexibility index (Phi) is 6.32. The van der Waals surface area contributed by atoms with Gasteiger partial charge in [-0.05, 0) is 72.4 Å². The summed E-state index contributed by atoms with van der Waals surface area (Å²) in [5.74, 6) is -1.33. The molecule has 0 saturated carbocycles. The van der Waals surface area contributed by atoms with Crippen LogP contribution in [0.4, 0.5) is 0 Å². The maximum absolute atomic E-state index is 13.1. The van der Waals surface area contributed by atoms with Crippen molar-refractivity contribution >= 4 is 21.5 Å². The second kappa shape index (κ2) is 9.31. The van der Waals surface area contributed by atoms with Crippen LogP contribution in [0.15, 0.2) is 29.4 Å². The van der Waals surface area contributed by atoms with Crippen LogP contribution in [0.1, 0.15) is 56.8 Å². The number of benzene rings is 1. The lowest BCUT2D eigenvalue weighted by Crippen LogP contribution is -2.28. The topological polar surface area (TPSA) is 107 Å². The van der Waals surface area contributed by atoms with E-state index in [9.17, 15) is 18.0 Å². The summed E-state index contributed by atoms with van der Waals surface area (Å²) in [7, 11) is 0.963. The molecule has 190 valence electrons. The highest BCUT2D eigenvalue weighted by Crippen LogP contribution is 2.35. The van der Waals surface area contributed by atoms with Gasteiger partial charge in [0.05, 0.1) is 12.2 Å². The van der Waals surface area contributed by atoms with E-state index >= 15 is 0 Å². The Balaban J connectivity index is 1.32. The molecule has 1 aromatic carbocycles. The molecule has 9 nitrogen and oxygen atoms in total. The predicted molar refractivity (Wildman–Crippen MR) is 133 cm³/mol. The lowest BCUT2D eigenvalue weighted by atomic mass is 9.91. The van der Waals surface area contributed by atoms with Gasteiger partial charge in [0.25, 0.3) is 5.91 Å². The summed E-state index contributed by atoms with van der Waals surface area (Å²) in [6.07, 6.45) is 7.92. The molecule has 0 unspecified atom stereocenters. The minimum atomic E-state index is -3.99. The number of nitrogens with zero attached hydrogens (tertiary/aromatic N) is 5. The molecular weight excluding hydrogens is 478 g/mol. The lowest BCUT2D eigenvalue weighted by molar-refractivity contribution is -0.116. The molecule has 0 fully saturated rings. The summed E-state index contributed by atoms with van der Waals surface area (Å²) >= 11 is 0. The first kappa shape index (κ1) is 24.4. The standard InChI is InChI=1S/C26H31N5O4S/c1-29(15-19-10-11-27-30(19)2)26(33)24-14-25(28-31(24)3)36(34,35)16-20(32)13-23-21-8-4-6-17(21)12-18-7-5-9-22(18)23/h10-12,14H,4-9,13,15-16H2,1-3H3. The Hall–Kier alpha value is -3.27. The molecule has 1 amide bonds. The van der Waals surface area contributed by atoms with Gasteiger partial charge in [-0.1, -0.05) is 6.07 Å². The summed E-state index contributed by atoms with van der Waals surface area (Å²) in [6.45, 7) is 0.312. The maximum Gasteiger partial charge on any atom is 0.272 e. The number of fused-ring (bicyclic) bond motifs is 2. The van der Waals surface area contributed by atoms with Crippen molar-refractivity contribution in [2.75, 3.05) is 12.8 Å². The Morgan fingerprint density at radius 2 is 1.67 bits per heavy atom. The molecule has 0 spiro atoms. The van der Waals surface area contributed by atoms with Gasteiger partial charge in [-0.15, -0.1) is 0 Å². The molecule has 2 aliphatic carbocycles. The van der Waals surface area contributed by atoms with Crippen molar-refractivity contribution in [2.45, 2.75) is 56.5 Å². The number of amides is 1. The second-order valence-electron chi connectivity index (χ2n) is 9.91. The van der Waals surface area contributed by atoms with Crippen molar-refractivity contribution in [3.8, 4) is 0 Å². The zero-order chi connectivity index (χ0) is 25.6. The zero-order valence-corrected chi connectivity index (χ0v) is 21.8. The van der Waals surface area contributed by atoms with Crippen LogP contribution in [-0.4, -0.2) is 57.4 Å². The summed E-state index contributed by atoms with van der Waals surface area (Å²) in [5.41, 5.74) is 7.20. The van der Waals surface area contributed by atoms with Crippen molar-refractivity contribution in [1.82, 2.24) is 24.5 Å². The summed E-state index contributed by atoms with van der Waals surface area (Å²) in [4.78, 5) is 27.5. The van der Waals surface area contributed by atoms with E-state index in [2.05, 4.69) is 16.3 Å². The number of carbonyl (C=O) groups excluding carboxylic acids is 2. The first-order valence-corrected chi connectivity index (χ1v) is 14.0. The first-order valence-electron chi connectivity index (χ1n) is 12.3. The number of hydrogen-bond donors (Lipinski definition) is 0. The average molecular weight is 510 g/mol. The minimum Gasteiger partial charge on any atom is -0.334 e. The Morgan fingerprint density at radius 1 is 1.00 bits per heavy atom. The van der Waals surface area contributed by atoms with Gasteiger partial charge >= 0.3 is 0 Å². The highest BCUT2D eigenvalue weighted by Gasteiger charge is 2.29. The molecule has 36 heavy (non-hydrogen) atoms. The van der Waals surface area contributed by atoms with Gasteiger partial charge in [0.15, 0.2) is 10.8 Å². The van der Waals surface area contributed by atoms with Crippen molar-refractivity contribution in [2.24, 2.45) is 14.1 Å². The molecular formula is C26H31N5O4S. The van der Waals surface area contributed by atoms with Crippen LogP contribution in [-0.2, 0) is 67.4 Å². The van der Waals surface area contributed by atoms with E-state index in [1.54, 1.807) is 25.0 Å². The number of rotatable bonds is 8. The van der Waals surface area contributed by atoms with Gasteiger partial charge in [-0.3, -0.25) is 19.0 Å². The normalized spacial score (nSPS) is 14.6. The monoisotopic (exact) mass is 509 g/mol. The largest absolute Gasteiger partial charge is 0.334 e. The highest BCUT2D eigenvalue weighted by molar-refractivity contribution is 7.92. The van der Waals surface area contributed by atoms with Gasteiger partial charge in [0.2, 0.25) is 9.84 Å². The van der Waals surface area contributed by atoms with Crippen molar-refractivity contribution in [1.29, 1.82) is 0 Å². The fraction of sp³-hybridized carbons (Fsp3) is 0.462. The minimum absolute atomic E-state index is 0.136. The fourth-order valence-electron chi connectivity index (χ4n) is 5.54. The third kappa shape index (κ3) is 4.50. The summed E-state index contributed by atoms with van der Waals surface area (Å²) in [5, 5.41) is 7.94. The fourth-order valence-corrected chi connectivity index (χ4v) is 6.75. The molecule has 0 atom stereocenters. The van der Waals surface area contributed by atoms with Crippen LogP contribution in [0.25, 0.3) is 0 Å². The van der Waals surface area contributed by atoms with Gasteiger partial charge in [0, 0.05) is 39.8 Å². The van der Waals surface area contributed by atoms with Crippen LogP contribution in [0.2, 0.25) is 0 Å². The third-order valence-corrected chi connectivity index (χ3v) is 8.93. The molecule has 0 aliphatic heterocycles. The number of sulfone groups is 1. The molecule has 0 radical (unpaired) electrons. The highest BCUT2D eigenvalue weighted by atomic mass is 32.2. The maximum atomic E-state index is 13.1. The van der Waals surface area contributed by atoms with E-state index < -0.39 is 15.6 Å². The van der Waals surface area contributed by atoms with E-state index in [1.165, 1.54) is 44.9 Å². The molecule has 0 N–H and O–H groups in total. The summed E-state index contributed by atoms with van der Waals surface area (Å²) in [6, 6.07) is 5.38. The average Bonchev–Trinajstić information content (AvgIpc) is 3.61. The number of ketones is 1. The summed E-state index contributed by atoms with van der Waals surface area (Å²) < 4.78 is 29.2. The molecule has 0 saturated heterocycles. The van der Waals surface area contributed by atoms with E-state index in [0.29, 0.717) is 6.54 Å². The van der Waals surface area contributed by atoms with E-state index in [4.69, 9.17) is 0 Å². The van der Waals surface area contributed by atoms with Crippen LogP contribution < -0.4 is 0 Å². The Labute approximate surface area is 211 Å². The van der Waals surface area contributed by atoms with Crippen LogP contribution in [0.5, 0.6) is 0 Å². The van der Waals surface area contributed by atoms with Gasteiger partial charge in [-0.2, -0.15) is 10.2 Å². The third-order valence-electron chi connectivity index (χ3n) is 7.39. The predicted octanol–water partition coefficient (Wildman–Crippen LogP) is 1.99. The van der Waals surface area contributed by atoms with Crippen LogP contribution in [0, 0.1) is 0 Å². The van der Waals surface area contributed by atoms with Gasteiger partial charge < -0.3 is 4.90 Å². The van der Waals surface area contributed by atoms with Crippen molar-refractivity contribution in [3.63, 3.8) is 0 Å². The lowest BCUT2D eigenvalue weighted by Gasteiger charge is -2.16. The molecule has 3 aromatic rings. The second-order valence-corrected chi connectivity index (χ2v) is 11.8. The first-order chi connectivity index (χ1) is 17.1. The zero-order valence-electron chi connectivity index (χ0n) is 21.0. The Bertz CT molecular complexity index is 1440. The number of carbonyl (C=O) groups is 2. The number of hydrogen-bond acceptors (Lipinski definition) is 6. The quantitative estimate of drug-likeness (QED) is 0.460. The smallest absolute Gasteiger partial charge is 0.272 e. The Morgan fingerprint density at radius 3 is 2.28 bits per heavy atom. The van der Waals surface area contributed by atoms with Crippen LogP contribution >= 0.6 is 0 Å².